The number of benzene rings is 2. The molecule has 0 aliphatic carbocycles. The Morgan fingerprint density at radius 2 is 1.90 bits per heavy atom. The van der Waals surface area contributed by atoms with Crippen LogP contribution < -0.4 is 10.2 Å². The second-order valence-corrected chi connectivity index (χ2v) is 6.53. The average molecular weight is 392 g/mol. The molecule has 0 spiro atoms. The normalized spacial score (nSPS) is 18.3. The average Bonchev–Trinajstić information content (AvgIpc) is 2.62. The molecule has 0 bridgehead atoms. The molecule has 0 fully saturated rings. The smallest absolute Gasteiger partial charge is 0.244 e. The lowest BCUT2D eigenvalue weighted by Crippen LogP contribution is -2.42. The number of hydrogen-bond acceptors (Lipinski definition) is 2. The summed E-state index contributed by atoms with van der Waals surface area (Å²) in [7, 11) is 0. The Balaban J connectivity index is 1.97. The molecule has 1 atom stereocenters. The van der Waals surface area contributed by atoms with Crippen LogP contribution in [-0.2, 0) is 17.9 Å². The van der Waals surface area contributed by atoms with Crippen molar-refractivity contribution >= 4 is 34.2 Å². The van der Waals surface area contributed by atoms with Gasteiger partial charge in [-0.1, -0.05) is 30.3 Å². The van der Waals surface area contributed by atoms with Crippen LogP contribution in [0.15, 0.2) is 48.5 Å². The first-order valence-electron chi connectivity index (χ1n) is 7.02. The number of anilines is 1. The summed E-state index contributed by atoms with van der Waals surface area (Å²) >= 11 is 2.29. The highest BCUT2D eigenvalue weighted by atomic mass is 127. The maximum Gasteiger partial charge on any atom is 0.244 e. The lowest BCUT2D eigenvalue weighted by Gasteiger charge is -2.24. The first-order valence-corrected chi connectivity index (χ1v) is 8.10. The summed E-state index contributed by atoms with van der Waals surface area (Å²) < 4.78 is 1.20. The Bertz CT molecular complexity index is 654. The predicted octanol–water partition coefficient (Wildman–Crippen LogP) is 3.32. The van der Waals surface area contributed by atoms with E-state index in [-0.39, 0.29) is 11.9 Å². The summed E-state index contributed by atoms with van der Waals surface area (Å²) in [6, 6.07) is 16.3. The van der Waals surface area contributed by atoms with Crippen LogP contribution >= 0.6 is 22.6 Å². The van der Waals surface area contributed by atoms with Crippen LogP contribution in [0.2, 0.25) is 0 Å². The molecule has 0 saturated heterocycles. The van der Waals surface area contributed by atoms with Gasteiger partial charge in [-0.3, -0.25) is 4.79 Å². The molecule has 1 amide bonds. The van der Waals surface area contributed by atoms with Gasteiger partial charge in [-0.05, 0) is 58.8 Å². The summed E-state index contributed by atoms with van der Waals surface area (Å²) in [5.74, 6) is 0.124. The van der Waals surface area contributed by atoms with Gasteiger partial charge in [0.25, 0.3) is 0 Å². The molecule has 1 N–H and O–H groups in total. The van der Waals surface area contributed by atoms with Crippen LogP contribution in [0.25, 0.3) is 0 Å². The van der Waals surface area contributed by atoms with Gasteiger partial charge in [0.15, 0.2) is 0 Å². The standard InChI is InChI=1S/C17H17IN2O/c1-12-17(21)20(11-13-6-8-15(18)9-7-13)16-5-3-2-4-14(16)10-19-12/h2-9,12,19H,10-11H2,1H3. The third-order valence-electron chi connectivity index (χ3n) is 3.77. The molecule has 0 radical (unpaired) electrons. The number of fused-ring (bicyclic) bond motifs is 1. The quantitative estimate of drug-likeness (QED) is 0.796. The number of amides is 1. The van der Waals surface area contributed by atoms with E-state index in [2.05, 4.69) is 58.2 Å². The summed E-state index contributed by atoms with van der Waals surface area (Å²) in [5, 5.41) is 3.28. The number of hydrogen-bond donors (Lipinski definition) is 1. The van der Waals surface area contributed by atoms with E-state index in [4.69, 9.17) is 0 Å². The van der Waals surface area contributed by atoms with Gasteiger partial charge in [-0.25, -0.2) is 0 Å². The second-order valence-electron chi connectivity index (χ2n) is 5.28. The number of halogens is 1. The molecule has 108 valence electrons. The van der Waals surface area contributed by atoms with Crippen LogP contribution in [0, 0.1) is 3.57 Å². The number of carbonyl (C=O) groups excluding carboxylic acids is 1. The number of carbonyl (C=O) groups is 1. The van der Waals surface area contributed by atoms with Gasteiger partial charge in [0, 0.05) is 15.8 Å². The highest BCUT2D eigenvalue weighted by Gasteiger charge is 2.26. The Morgan fingerprint density at radius 3 is 2.67 bits per heavy atom. The SMILES string of the molecule is CC1NCc2ccccc2N(Cc2ccc(I)cc2)C1=O. The summed E-state index contributed by atoms with van der Waals surface area (Å²) in [5.41, 5.74) is 3.33. The van der Waals surface area contributed by atoms with E-state index < -0.39 is 0 Å². The van der Waals surface area contributed by atoms with Gasteiger partial charge in [0.2, 0.25) is 5.91 Å². The highest BCUT2D eigenvalue weighted by Crippen LogP contribution is 2.26. The van der Waals surface area contributed by atoms with Crippen molar-refractivity contribution in [2.45, 2.75) is 26.1 Å². The van der Waals surface area contributed by atoms with Crippen molar-refractivity contribution < 1.29 is 4.79 Å². The van der Waals surface area contributed by atoms with E-state index in [1.54, 1.807) is 0 Å². The maximum atomic E-state index is 12.6. The van der Waals surface area contributed by atoms with Gasteiger partial charge in [-0.15, -0.1) is 0 Å². The van der Waals surface area contributed by atoms with Crippen molar-refractivity contribution in [2.75, 3.05) is 4.90 Å². The zero-order valence-corrected chi connectivity index (χ0v) is 14.0. The molecule has 1 unspecified atom stereocenters. The minimum absolute atomic E-state index is 0.124. The minimum atomic E-state index is -0.166. The Labute approximate surface area is 138 Å². The highest BCUT2D eigenvalue weighted by molar-refractivity contribution is 14.1. The predicted molar refractivity (Wildman–Crippen MR) is 93.1 cm³/mol. The zero-order valence-electron chi connectivity index (χ0n) is 11.8. The topological polar surface area (TPSA) is 32.3 Å². The first-order chi connectivity index (χ1) is 10.1. The molecule has 0 aromatic heterocycles. The Hall–Kier alpha value is -1.40. The molecule has 2 aromatic carbocycles. The fourth-order valence-electron chi connectivity index (χ4n) is 2.56. The van der Waals surface area contributed by atoms with E-state index >= 15 is 0 Å². The molecule has 3 nitrogen and oxygen atoms in total. The van der Waals surface area contributed by atoms with Crippen LogP contribution in [0.4, 0.5) is 5.69 Å². The number of para-hydroxylation sites is 1. The van der Waals surface area contributed by atoms with Crippen molar-refractivity contribution in [1.82, 2.24) is 5.32 Å². The fourth-order valence-corrected chi connectivity index (χ4v) is 2.92. The van der Waals surface area contributed by atoms with E-state index in [0.717, 1.165) is 17.8 Å². The third-order valence-corrected chi connectivity index (χ3v) is 4.49. The van der Waals surface area contributed by atoms with Crippen LogP contribution in [0.1, 0.15) is 18.1 Å². The van der Waals surface area contributed by atoms with Gasteiger partial charge >= 0.3 is 0 Å². The van der Waals surface area contributed by atoms with E-state index in [0.29, 0.717) is 6.54 Å². The molecule has 2 aromatic rings. The lowest BCUT2D eigenvalue weighted by molar-refractivity contribution is -0.120. The van der Waals surface area contributed by atoms with E-state index in [9.17, 15) is 4.79 Å². The molecule has 1 aliphatic heterocycles. The minimum Gasteiger partial charge on any atom is -0.306 e. The molecule has 1 aliphatic rings. The molecule has 3 rings (SSSR count). The van der Waals surface area contributed by atoms with Gasteiger partial charge in [0.05, 0.1) is 12.6 Å². The Morgan fingerprint density at radius 1 is 1.19 bits per heavy atom. The number of nitrogens with one attached hydrogen (secondary N) is 1. The molecule has 1 heterocycles. The lowest BCUT2D eigenvalue weighted by atomic mass is 10.1. The van der Waals surface area contributed by atoms with Gasteiger partial charge < -0.3 is 10.2 Å². The molecular weight excluding hydrogens is 375 g/mol. The molecular formula is C17H17IN2O. The van der Waals surface area contributed by atoms with Gasteiger partial charge in [-0.2, -0.15) is 0 Å². The summed E-state index contributed by atoms with van der Waals surface area (Å²) in [6.07, 6.45) is 0. The number of rotatable bonds is 2. The van der Waals surface area contributed by atoms with Crippen molar-refractivity contribution in [3.63, 3.8) is 0 Å². The summed E-state index contributed by atoms with van der Waals surface area (Å²) in [4.78, 5) is 14.5. The van der Waals surface area contributed by atoms with Crippen molar-refractivity contribution in [1.29, 1.82) is 0 Å². The molecule has 21 heavy (non-hydrogen) atoms. The first kappa shape index (κ1) is 14.5. The van der Waals surface area contributed by atoms with Crippen LogP contribution in [-0.4, -0.2) is 11.9 Å². The third kappa shape index (κ3) is 3.11. The molecule has 4 heteroatoms. The van der Waals surface area contributed by atoms with Crippen LogP contribution in [0.5, 0.6) is 0 Å². The van der Waals surface area contributed by atoms with E-state index in [1.165, 1.54) is 9.13 Å². The van der Waals surface area contributed by atoms with Crippen molar-refractivity contribution in [3.8, 4) is 0 Å². The zero-order chi connectivity index (χ0) is 14.8. The number of nitrogens with zero attached hydrogens (tertiary/aromatic N) is 1. The van der Waals surface area contributed by atoms with Crippen molar-refractivity contribution in [2.24, 2.45) is 0 Å². The maximum absolute atomic E-state index is 12.6. The Kier molecular flexibility index (Phi) is 4.26. The van der Waals surface area contributed by atoms with Gasteiger partial charge in [0.1, 0.15) is 0 Å². The largest absolute Gasteiger partial charge is 0.306 e. The second kappa shape index (κ2) is 6.15. The molecule has 0 saturated carbocycles. The van der Waals surface area contributed by atoms with Crippen LogP contribution in [0.3, 0.4) is 0 Å². The summed E-state index contributed by atoms with van der Waals surface area (Å²) in [6.45, 7) is 3.26. The van der Waals surface area contributed by atoms with Crippen molar-refractivity contribution in [3.05, 3.63) is 63.2 Å². The van der Waals surface area contributed by atoms with E-state index in [1.807, 2.05) is 30.0 Å². The fraction of sp³-hybridized carbons (Fsp3) is 0.235. The monoisotopic (exact) mass is 392 g/mol.